The maximum atomic E-state index is 5.90. The summed E-state index contributed by atoms with van der Waals surface area (Å²) in [7, 11) is 0. The van der Waals surface area contributed by atoms with Gasteiger partial charge in [0, 0.05) is 6.54 Å². The van der Waals surface area contributed by atoms with Gasteiger partial charge >= 0.3 is 0 Å². The summed E-state index contributed by atoms with van der Waals surface area (Å²) in [5.74, 6) is 1.35. The standard InChI is InChI=1S/C19H25N3O/c1-15(2)23-18-10-8-17(9-11-18)14-22-19(20)21-13-12-16-6-4-3-5-7-16/h3-11,15H,12-14H2,1-2H3,(H3,20,21,22). The van der Waals surface area contributed by atoms with E-state index in [2.05, 4.69) is 22.4 Å². The van der Waals surface area contributed by atoms with Crippen LogP contribution in [0.5, 0.6) is 5.75 Å². The normalized spacial score (nSPS) is 11.5. The van der Waals surface area contributed by atoms with E-state index >= 15 is 0 Å². The van der Waals surface area contributed by atoms with Gasteiger partial charge in [0.15, 0.2) is 5.96 Å². The van der Waals surface area contributed by atoms with Gasteiger partial charge < -0.3 is 15.8 Å². The lowest BCUT2D eigenvalue weighted by atomic mass is 10.1. The van der Waals surface area contributed by atoms with Gasteiger partial charge in [0.1, 0.15) is 5.75 Å². The summed E-state index contributed by atoms with van der Waals surface area (Å²) in [6.45, 7) is 5.37. The van der Waals surface area contributed by atoms with Crippen molar-refractivity contribution in [2.75, 3.05) is 6.54 Å². The summed E-state index contributed by atoms with van der Waals surface area (Å²) < 4.78 is 5.62. The molecule has 2 rings (SSSR count). The highest BCUT2D eigenvalue weighted by molar-refractivity contribution is 5.77. The smallest absolute Gasteiger partial charge is 0.188 e. The zero-order valence-corrected chi connectivity index (χ0v) is 13.8. The number of aliphatic imine (C=N–C) groups is 1. The van der Waals surface area contributed by atoms with Crippen molar-refractivity contribution in [2.45, 2.75) is 32.9 Å². The first kappa shape index (κ1) is 16.9. The number of nitrogens with one attached hydrogen (secondary N) is 1. The molecule has 0 amide bonds. The predicted octanol–water partition coefficient (Wildman–Crippen LogP) is 3.12. The number of hydrogen-bond donors (Lipinski definition) is 2. The van der Waals surface area contributed by atoms with Crippen LogP contribution in [0.25, 0.3) is 0 Å². The highest BCUT2D eigenvalue weighted by Crippen LogP contribution is 2.14. The molecular formula is C19H25N3O. The number of benzene rings is 2. The number of nitrogens with two attached hydrogens (primary N) is 1. The summed E-state index contributed by atoms with van der Waals surface area (Å²) in [6, 6.07) is 18.3. The molecule has 0 atom stereocenters. The highest BCUT2D eigenvalue weighted by Gasteiger charge is 1.98. The van der Waals surface area contributed by atoms with Gasteiger partial charge in [0.25, 0.3) is 0 Å². The maximum absolute atomic E-state index is 5.90. The first-order valence-electron chi connectivity index (χ1n) is 7.97. The average molecular weight is 311 g/mol. The van der Waals surface area contributed by atoms with Crippen LogP contribution in [0, 0.1) is 0 Å². The molecule has 0 saturated heterocycles. The fourth-order valence-electron chi connectivity index (χ4n) is 2.16. The Morgan fingerprint density at radius 2 is 1.74 bits per heavy atom. The molecule has 0 saturated carbocycles. The highest BCUT2D eigenvalue weighted by atomic mass is 16.5. The Hall–Kier alpha value is -2.49. The molecule has 2 aromatic carbocycles. The zero-order chi connectivity index (χ0) is 16.5. The molecule has 2 aromatic rings. The first-order chi connectivity index (χ1) is 11.1. The molecular weight excluding hydrogens is 286 g/mol. The molecule has 0 unspecified atom stereocenters. The molecule has 4 heteroatoms. The lowest BCUT2D eigenvalue weighted by Gasteiger charge is -2.09. The van der Waals surface area contributed by atoms with E-state index < -0.39 is 0 Å². The van der Waals surface area contributed by atoms with E-state index in [1.54, 1.807) is 0 Å². The summed E-state index contributed by atoms with van der Waals surface area (Å²) in [6.07, 6.45) is 1.11. The van der Waals surface area contributed by atoms with Crippen LogP contribution in [0.15, 0.2) is 59.6 Å². The van der Waals surface area contributed by atoms with Gasteiger partial charge in [0.05, 0.1) is 12.6 Å². The Balaban J connectivity index is 1.75. The lowest BCUT2D eigenvalue weighted by Crippen LogP contribution is -2.33. The Morgan fingerprint density at radius 1 is 1.04 bits per heavy atom. The Kier molecular flexibility index (Phi) is 6.48. The van der Waals surface area contributed by atoms with Gasteiger partial charge in [-0.2, -0.15) is 0 Å². The summed E-state index contributed by atoms with van der Waals surface area (Å²) >= 11 is 0. The Labute approximate surface area is 138 Å². The van der Waals surface area contributed by atoms with Crippen molar-refractivity contribution in [2.24, 2.45) is 10.7 Å². The third kappa shape index (κ3) is 6.43. The third-order valence-electron chi connectivity index (χ3n) is 3.29. The van der Waals surface area contributed by atoms with Gasteiger partial charge in [-0.05, 0) is 43.5 Å². The van der Waals surface area contributed by atoms with Crippen molar-refractivity contribution in [3.63, 3.8) is 0 Å². The molecule has 0 aliphatic rings. The van der Waals surface area contributed by atoms with E-state index in [0.717, 1.165) is 24.3 Å². The molecule has 3 N–H and O–H groups in total. The second kappa shape index (κ2) is 8.83. The van der Waals surface area contributed by atoms with Crippen molar-refractivity contribution in [3.8, 4) is 5.75 Å². The Bertz CT molecular complexity index is 606. The van der Waals surface area contributed by atoms with E-state index in [4.69, 9.17) is 10.5 Å². The van der Waals surface area contributed by atoms with Crippen LogP contribution < -0.4 is 15.8 Å². The van der Waals surface area contributed by atoms with Crippen LogP contribution in [0.3, 0.4) is 0 Å². The van der Waals surface area contributed by atoms with Crippen LogP contribution in [-0.2, 0) is 13.0 Å². The average Bonchev–Trinajstić information content (AvgIpc) is 2.55. The van der Waals surface area contributed by atoms with Crippen molar-refractivity contribution < 1.29 is 4.74 Å². The summed E-state index contributed by atoms with van der Waals surface area (Å²) in [4.78, 5) is 4.36. The number of guanidine groups is 1. The minimum Gasteiger partial charge on any atom is -0.491 e. The van der Waals surface area contributed by atoms with Crippen LogP contribution in [0.1, 0.15) is 25.0 Å². The molecule has 122 valence electrons. The van der Waals surface area contributed by atoms with Gasteiger partial charge in [0.2, 0.25) is 0 Å². The largest absolute Gasteiger partial charge is 0.491 e. The van der Waals surface area contributed by atoms with Crippen LogP contribution in [0.2, 0.25) is 0 Å². The van der Waals surface area contributed by atoms with Gasteiger partial charge in [-0.15, -0.1) is 0 Å². The molecule has 0 bridgehead atoms. The quantitative estimate of drug-likeness (QED) is 0.610. The van der Waals surface area contributed by atoms with E-state index in [0.29, 0.717) is 12.5 Å². The molecule has 0 aromatic heterocycles. The van der Waals surface area contributed by atoms with Crippen LogP contribution >= 0.6 is 0 Å². The second-order valence-corrected chi connectivity index (χ2v) is 5.67. The second-order valence-electron chi connectivity index (χ2n) is 5.67. The fourth-order valence-corrected chi connectivity index (χ4v) is 2.16. The number of nitrogens with zero attached hydrogens (tertiary/aromatic N) is 1. The van der Waals surface area contributed by atoms with Gasteiger partial charge in [-0.3, -0.25) is 0 Å². The zero-order valence-electron chi connectivity index (χ0n) is 13.8. The number of hydrogen-bond acceptors (Lipinski definition) is 2. The molecule has 0 aliphatic heterocycles. The molecule has 4 nitrogen and oxygen atoms in total. The molecule has 0 radical (unpaired) electrons. The van der Waals surface area contributed by atoms with Gasteiger partial charge in [-0.1, -0.05) is 42.5 Å². The van der Waals surface area contributed by atoms with E-state index in [1.165, 1.54) is 5.56 Å². The molecule has 0 heterocycles. The van der Waals surface area contributed by atoms with Crippen LogP contribution in [-0.4, -0.2) is 18.6 Å². The summed E-state index contributed by atoms with van der Waals surface area (Å²) in [5, 5.41) is 3.14. The predicted molar refractivity (Wildman–Crippen MR) is 95.7 cm³/mol. The first-order valence-corrected chi connectivity index (χ1v) is 7.97. The molecule has 0 spiro atoms. The van der Waals surface area contributed by atoms with Crippen molar-refractivity contribution in [1.29, 1.82) is 0 Å². The van der Waals surface area contributed by atoms with Gasteiger partial charge in [-0.25, -0.2) is 4.99 Å². The SMILES string of the molecule is CC(C)Oc1ccc(CN=C(N)NCCc2ccccc2)cc1. The Morgan fingerprint density at radius 3 is 2.39 bits per heavy atom. The van der Waals surface area contributed by atoms with Crippen molar-refractivity contribution in [3.05, 3.63) is 65.7 Å². The van der Waals surface area contributed by atoms with Crippen molar-refractivity contribution >= 4 is 5.96 Å². The number of ether oxygens (including phenoxy) is 1. The molecule has 23 heavy (non-hydrogen) atoms. The monoisotopic (exact) mass is 311 g/mol. The van der Waals surface area contributed by atoms with E-state index in [9.17, 15) is 0 Å². The van der Waals surface area contributed by atoms with Crippen LogP contribution in [0.4, 0.5) is 0 Å². The van der Waals surface area contributed by atoms with E-state index in [1.807, 2.05) is 56.3 Å². The fraction of sp³-hybridized carbons (Fsp3) is 0.316. The molecule has 0 fully saturated rings. The maximum Gasteiger partial charge on any atom is 0.188 e. The molecule has 0 aliphatic carbocycles. The van der Waals surface area contributed by atoms with E-state index in [-0.39, 0.29) is 6.10 Å². The minimum atomic E-state index is 0.184. The third-order valence-corrected chi connectivity index (χ3v) is 3.29. The number of rotatable bonds is 7. The summed E-state index contributed by atoms with van der Waals surface area (Å²) in [5.41, 5.74) is 8.29. The van der Waals surface area contributed by atoms with Crippen molar-refractivity contribution in [1.82, 2.24) is 5.32 Å². The minimum absolute atomic E-state index is 0.184. The topological polar surface area (TPSA) is 59.6 Å². The lowest BCUT2D eigenvalue weighted by molar-refractivity contribution is 0.242.